The minimum absolute atomic E-state index is 0.270. The van der Waals surface area contributed by atoms with Gasteiger partial charge in [-0.05, 0) is 17.7 Å². The molecule has 0 aromatic carbocycles. The zero-order chi connectivity index (χ0) is 8.43. The van der Waals surface area contributed by atoms with Crippen LogP contribution in [-0.2, 0) is 0 Å². The Morgan fingerprint density at radius 2 is 2.00 bits per heavy atom. The van der Waals surface area contributed by atoms with Gasteiger partial charge >= 0.3 is 9.82 Å². The molecule has 1 unspecified atom stereocenters. The van der Waals surface area contributed by atoms with Gasteiger partial charge in [-0.25, -0.2) is 4.79 Å². The lowest BCUT2D eigenvalue weighted by Crippen LogP contribution is -1.86. The van der Waals surface area contributed by atoms with Crippen LogP contribution in [0, 0.1) is 0 Å². The van der Waals surface area contributed by atoms with Gasteiger partial charge in [-0.3, -0.25) is 4.79 Å². The Morgan fingerprint density at radius 1 is 1.36 bits per heavy atom. The maximum Gasteiger partial charge on any atom is 0.452 e. The zero-order valence-corrected chi connectivity index (χ0v) is 7.54. The molecule has 0 aliphatic carbocycles. The molecule has 1 heterocycles. The predicted octanol–water partition coefficient (Wildman–Crippen LogP) is 3.02. The molecule has 58 valence electrons. The molecule has 0 saturated heterocycles. The first-order valence-corrected chi connectivity index (χ1v) is 4.68. The monoisotopic (exact) mass is 209 g/mol. The molecule has 5 heteroatoms. The van der Waals surface area contributed by atoms with E-state index in [9.17, 15) is 9.59 Å². The van der Waals surface area contributed by atoms with Gasteiger partial charge in [-0.2, -0.15) is 0 Å². The van der Waals surface area contributed by atoms with Crippen LogP contribution in [-0.4, -0.2) is 9.82 Å². The Kier molecular flexibility index (Phi) is 2.65. The van der Waals surface area contributed by atoms with Crippen molar-refractivity contribution < 1.29 is 9.59 Å². The van der Waals surface area contributed by atoms with E-state index in [1.165, 1.54) is 6.07 Å². The van der Waals surface area contributed by atoms with E-state index in [1.807, 2.05) is 0 Å². The highest BCUT2D eigenvalue weighted by Gasteiger charge is 2.24. The highest BCUT2D eigenvalue weighted by atomic mass is 35.5. The van der Waals surface area contributed by atoms with Gasteiger partial charge in [0.2, 0.25) is 4.88 Å². The van der Waals surface area contributed by atoms with Gasteiger partial charge in [0.25, 0.3) is 0 Å². The van der Waals surface area contributed by atoms with E-state index in [-0.39, 0.29) is 4.88 Å². The van der Waals surface area contributed by atoms with E-state index in [0.717, 1.165) is 0 Å². The summed E-state index contributed by atoms with van der Waals surface area (Å²) < 4.78 is -0.556. The molecular weight excluding hydrogens is 207 g/mol. The summed E-state index contributed by atoms with van der Waals surface area (Å²) in [6.45, 7) is 0. The molecular formula is C6H3Cl2O2S+. The van der Waals surface area contributed by atoms with Crippen molar-refractivity contribution >= 4 is 43.5 Å². The van der Waals surface area contributed by atoms with E-state index in [0.29, 0.717) is 0 Å². The van der Waals surface area contributed by atoms with Gasteiger partial charge in [0.15, 0.2) is 0 Å². The van der Waals surface area contributed by atoms with Crippen LogP contribution >= 0.6 is 33.7 Å². The molecule has 1 aromatic rings. The van der Waals surface area contributed by atoms with Crippen molar-refractivity contribution in [2.24, 2.45) is 0 Å². The van der Waals surface area contributed by atoms with E-state index >= 15 is 0 Å². The van der Waals surface area contributed by atoms with Crippen LogP contribution in [0.4, 0.5) is 4.79 Å². The summed E-state index contributed by atoms with van der Waals surface area (Å²) in [5, 5.41) is 0.942. The Labute approximate surface area is 75.7 Å². The van der Waals surface area contributed by atoms with Crippen LogP contribution in [0.1, 0.15) is 9.67 Å². The van der Waals surface area contributed by atoms with Crippen LogP contribution in [0.3, 0.4) is 0 Å². The summed E-state index contributed by atoms with van der Waals surface area (Å²) in [7, 11) is -0.921. The fourth-order valence-electron chi connectivity index (χ4n) is 0.644. The largest absolute Gasteiger partial charge is 0.452 e. The number of carbonyl (C=O) groups excluding carboxylic acids is 2. The van der Waals surface area contributed by atoms with E-state index in [4.69, 9.17) is 23.2 Å². The Balaban J connectivity index is 3.16. The summed E-state index contributed by atoms with van der Waals surface area (Å²) >= 11 is 10.4. The molecule has 2 nitrogen and oxygen atoms in total. The average molecular weight is 210 g/mol. The van der Waals surface area contributed by atoms with Gasteiger partial charge in [-0.1, -0.05) is 0 Å². The standard InChI is InChI=1S/C6H3Cl2O2S/c7-5(9)4-2-1-3-11(4)6(8)10/h1-3H/q+1. The first-order valence-electron chi connectivity index (χ1n) is 2.64. The SMILES string of the molecule is O=C(Cl)c1ccc[s+]1C(=O)Cl. The van der Waals surface area contributed by atoms with Crippen molar-refractivity contribution in [1.29, 1.82) is 0 Å². The molecule has 0 N–H and O–H groups in total. The lowest BCUT2D eigenvalue weighted by molar-refractivity contribution is 0.108. The third-order valence-corrected chi connectivity index (χ3v) is 3.45. The van der Waals surface area contributed by atoms with Crippen LogP contribution in [0.2, 0.25) is 0 Å². The maximum absolute atomic E-state index is 10.6. The van der Waals surface area contributed by atoms with Crippen molar-refractivity contribution in [2.75, 3.05) is 0 Å². The third-order valence-electron chi connectivity index (χ3n) is 1.07. The average Bonchev–Trinajstić information content (AvgIpc) is 2.32. The second kappa shape index (κ2) is 3.34. The lowest BCUT2D eigenvalue weighted by Gasteiger charge is -1.79. The summed E-state index contributed by atoms with van der Waals surface area (Å²) in [5.74, 6) is 0. The Hall–Kier alpha value is -0.380. The molecule has 0 amide bonds. The topological polar surface area (TPSA) is 34.1 Å². The van der Waals surface area contributed by atoms with Crippen LogP contribution in [0.15, 0.2) is 17.5 Å². The molecule has 0 saturated carbocycles. The first kappa shape index (κ1) is 8.71. The normalized spacial score (nSPS) is 11.3. The van der Waals surface area contributed by atoms with Crippen LogP contribution < -0.4 is 0 Å². The number of hydrogen-bond donors (Lipinski definition) is 0. The van der Waals surface area contributed by atoms with Gasteiger partial charge in [-0.15, -0.1) is 0 Å². The molecule has 0 aliphatic rings. The molecule has 0 fully saturated rings. The minimum atomic E-state index is -0.921. The molecule has 1 atom stereocenters. The van der Waals surface area contributed by atoms with Gasteiger partial charge < -0.3 is 0 Å². The molecule has 0 radical (unpaired) electrons. The van der Waals surface area contributed by atoms with Gasteiger partial charge in [0.05, 0.1) is 10.5 Å². The molecule has 1 rings (SSSR count). The number of hydrogen-bond acceptors (Lipinski definition) is 2. The Bertz CT molecular complexity index is 277. The fourth-order valence-corrected chi connectivity index (χ4v) is 2.42. The second-order valence-electron chi connectivity index (χ2n) is 1.71. The number of thiophene rings is 1. The summed E-state index contributed by atoms with van der Waals surface area (Å²) in [4.78, 5) is 21.5. The highest BCUT2D eigenvalue weighted by molar-refractivity contribution is 7.58. The van der Waals surface area contributed by atoms with Crippen molar-refractivity contribution in [3.63, 3.8) is 0 Å². The van der Waals surface area contributed by atoms with E-state index in [2.05, 4.69) is 0 Å². The molecule has 1 aromatic heterocycles. The summed E-state index contributed by atoms with van der Waals surface area (Å²) in [5.41, 5.74) is 0. The Morgan fingerprint density at radius 3 is 2.36 bits per heavy atom. The van der Waals surface area contributed by atoms with E-state index < -0.39 is 20.3 Å². The highest BCUT2D eigenvalue weighted by Crippen LogP contribution is 2.28. The molecule has 0 bridgehead atoms. The summed E-state index contributed by atoms with van der Waals surface area (Å²) in [6.07, 6.45) is 0. The predicted molar refractivity (Wildman–Crippen MR) is 45.8 cm³/mol. The van der Waals surface area contributed by atoms with Crippen molar-refractivity contribution in [3.05, 3.63) is 22.4 Å². The number of rotatable bonds is 2. The molecule has 0 aliphatic heterocycles. The van der Waals surface area contributed by atoms with Gasteiger partial charge in [0.1, 0.15) is 5.38 Å². The summed E-state index contributed by atoms with van der Waals surface area (Å²) in [6, 6.07) is 3.09. The smallest absolute Gasteiger partial charge is 0.270 e. The maximum atomic E-state index is 10.6. The molecule has 11 heavy (non-hydrogen) atoms. The number of carbonyl (C=O) groups is 2. The second-order valence-corrected chi connectivity index (χ2v) is 4.38. The van der Waals surface area contributed by atoms with Crippen molar-refractivity contribution in [2.45, 2.75) is 0 Å². The van der Waals surface area contributed by atoms with Crippen molar-refractivity contribution in [3.8, 4) is 0 Å². The van der Waals surface area contributed by atoms with Gasteiger partial charge in [0, 0.05) is 17.7 Å². The first-order chi connectivity index (χ1) is 5.13. The number of halogens is 2. The van der Waals surface area contributed by atoms with Crippen LogP contribution in [0.5, 0.6) is 0 Å². The van der Waals surface area contributed by atoms with Crippen molar-refractivity contribution in [1.82, 2.24) is 0 Å². The molecule has 0 spiro atoms. The zero-order valence-electron chi connectivity index (χ0n) is 5.21. The fraction of sp³-hybridized carbons (Fsp3) is 0. The quantitative estimate of drug-likeness (QED) is 0.555. The minimum Gasteiger partial charge on any atom is -0.270 e. The third kappa shape index (κ3) is 1.80. The van der Waals surface area contributed by atoms with E-state index in [1.54, 1.807) is 11.4 Å². The lowest BCUT2D eigenvalue weighted by atomic mass is 10.5. The van der Waals surface area contributed by atoms with Crippen LogP contribution in [0.25, 0.3) is 0 Å².